The molecular formula is C23H24N6O3. The molecule has 0 spiro atoms. The number of hydrogen-bond acceptors (Lipinski definition) is 6. The fourth-order valence-corrected chi connectivity index (χ4v) is 3.81. The van der Waals surface area contributed by atoms with Crippen molar-refractivity contribution in [2.24, 2.45) is 0 Å². The van der Waals surface area contributed by atoms with Crippen LogP contribution in [0.5, 0.6) is 0 Å². The Morgan fingerprint density at radius 3 is 2.66 bits per heavy atom. The Kier molecular flexibility index (Phi) is 6.27. The van der Waals surface area contributed by atoms with Gasteiger partial charge in [-0.3, -0.25) is 14.5 Å². The van der Waals surface area contributed by atoms with E-state index in [1.165, 1.54) is 6.08 Å². The van der Waals surface area contributed by atoms with Gasteiger partial charge in [-0.25, -0.2) is 4.68 Å². The van der Waals surface area contributed by atoms with Crippen LogP contribution in [-0.4, -0.2) is 49.5 Å². The molecule has 0 saturated carbocycles. The predicted octanol–water partition coefficient (Wildman–Crippen LogP) is 2.41. The Balaban J connectivity index is 1.40. The highest BCUT2D eigenvalue weighted by Crippen LogP contribution is 2.28. The molecule has 1 amide bonds. The number of carboxylic acids is 1. The molecule has 2 aromatic carbocycles. The summed E-state index contributed by atoms with van der Waals surface area (Å²) in [6.07, 6.45) is 5.07. The van der Waals surface area contributed by atoms with Gasteiger partial charge in [0.25, 0.3) is 0 Å². The monoisotopic (exact) mass is 432 g/mol. The van der Waals surface area contributed by atoms with Crippen LogP contribution in [0.3, 0.4) is 0 Å². The zero-order chi connectivity index (χ0) is 22.5. The number of carbonyl (C=O) groups excluding carboxylic acids is 1. The number of nitrogens with one attached hydrogen (secondary N) is 1. The minimum atomic E-state index is -0.847. The molecule has 0 aliphatic carbocycles. The van der Waals surface area contributed by atoms with E-state index in [-0.39, 0.29) is 11.9 Å². The molecule has 1 aliphatic rings. The zero-order valence-electron chi connectivity index (χ0n) is 17.3. The summed E-state index contributed by atoms with van der Waals surface area (Å²) in [7, 11) is 0. The second-order valence-corrected chi connectivity index (χ2v) is 7.69. The Morgan fingerprint density at radius 1 is 1.16 bits per heavy atom. The van der Waals surface area contributed by atoms with E-state index in [4.69, 9.17) is 5.73 Å². The van der Waals surface area contributed by atoms with Crippen LogP contribution < -0.4 is 11.1 Å². The SMILES string of the molecule is Nc1ccccc1NC(=O)/C=C/c1cn([C@@H]2C[C@H](C(=O)O)N(Cc3ccccc3)C2)nn1. The Morgan fingerprint density at radius 2 is 1.91 bits per heavy atom. The van der Waals surface area contributed by atoms with Crippen LogP contribution >= 0.6 is 0 Å². The Bertz CT molecular complexity index is 1130. The van der Waals surface area contributed by atoms with Crippen LogP contribution in [0.4, 0.5) is 11.4 Å². The van der Waals surface area contributed by atoms with Crippen molar-refractivity contribution >= 4 is 29.3 Å². The van der Waals surface area contributed by atoms with Crippen LogP contribution in [0.2, 0.25) is 0 Å². The number of aliphatic carboxylic acids is 1. The van der Waals surface area contributed by atoms with Gasteiger partial charge in [0.15, 0.2) is 0 Å². The van der Waals surface area contributed by atoms with Gasteiger partial charge in [0.2, 0.25) is 5.91 Å². The second-order valence-electron chi connectivity index (χ2n) is 7.69. The molecule has 32 heavy (non-hydrogen) atoms. The fourth-order valence-electron chi connectivity index (χ4n) is 3.81. The number of aromatic nitrogens is 3. The maximum atomic E-state index is 12.2. The highest BCUT2D eigenvalue weighted by Gasteiger charge is 2.38. The molecule has 4 rings (SSSR count). The molecular weight excluding hydrogens is 408 g/mol. The quantitative estimate of drug-likeness (QED) is 0.386. The van der Waals surface area contributed by atoms with Gasteiger partial charge >= 0.3 is 5.97 Å². The number of nitrogen functional groups attached to an aromatic ring is 1. The Labute approximate surface area is 185 Å². The first-order chi connectivity index (χ1) is 15.5. The molecule has 0 unspecified atom stereocenters. The number of anilines is 2. The second kappa shape index (κ2) is 9.44. The highest BCUT2D eigenvalue weighted by molar-refractivity contribution is 6.03. The highest BCUT2D eigenvalue weighted by atomic mass is 16.4. The normalized spacial score (nSPS) is 18.8. The topological polar surface area (TPSA) is 126 Å². The first-order valence-corrected chi connectivity index (χ1v) is 10.3. The van der Waals surface area contributed by atoms with Crippen LogP contribution in [0.1, 0.15) is 23.7 Å². The molecule has 0 radical (unpaired) electrons. The van der Waals surface area contributed by atoms with E-state index in [9.17, 15) is 14.7 Å². The van der Waals surface area contributed by atoms with Crippen molar-refractivity contribution in [1.29, 1.82) is 0 Å². The first kappa shape index (κ1) is 21.3. The maximum Gasteiger partial charge on any atom is 0.321 e. The number of para-hydroxylation sites is 2. The maximum absolute atomic E-state index is 12.2. The molecule has 0 bridgehead atoms. The first-order valence-electron chi connectivity index (χ1n) is 10.3. The van der Waals surface area contributed by atoms with E-state index >= 15 is 0 Å². The largest absolute Gasteiger partial charge is 0.480 e. The molecule has 1 fully saturated rings. The molecule has 9 nitrogen and oxygen atoms in total. The summed E-state index contributed by atoms with van der Waals surface area (Å²) in [5.74, 6) is -1.18. The van der Waals surface area contributed by atoms with Gasteiger partial charge in [0, 0.05) is 19.2 Å². The van der Waals surface area contributed by atoms with Gasteiger partial charge < -0.3 is 16.2 Å². The molecule has 1 saturated heterocycles. The number of amides is 1. The van der Waals surface area contributed by atoms with Gasteiger partial charge in [-0.05, 0) is 30.2 Å². The number of nitrogens with two attached hydrogens (primary N) is 1. The minimum absolute atomic E-state index is 0.118. The number of benzene rings is 2. The lowest BCUT2D eigenvalue weighted by atomic mass is 10.1. The minimum Gasteiger partial charge on any atom is -0.480 e. The van der Waals surface area contributed by atoms with Crippen molar-refractivity contribution in [2.75, 3.05) is 17.6 Å². The van der Waals surface area contributed by atoms with E-state index in [2.05, 4.69) is 15.6 Å². The van der Waals surface area contributed by atoms with Crippen molar-refractivity contribution in [2.45, 2.75) is 25.0 Å². The molecule has 164 valence electrons. The van der Waals surface area contributed by atoms with Crippen molar-refractivity contribution in [3.63, 3.8) is 0 Å². The summed E-state index contributed by atoms with van der Waals surface area (Å²) in [5.41, 5.74) is 8.42. The summed E-state index contributed by atoms with van der Waals surface area (Å²) in [5, 5.41) is 20.6. The number of carbonyl (C=O) groups is 2. The molecule has 1 aliphatic heterocycles. The van der Waals surface area contributed by atoms with E-state index in [1.54, 1.807) is 41.2 Å². The van der Waals surface area contributed by atoms with Crippen molar-refractivity contribution in [3.8, 4) is 0 Å². The standard InChI is InChI=1S/C23H24N6O3/c24-19-8-4-5-9-20(19)25-22(30)11-10-17-14-29(27-26-17)18-12-21(23(31)32)28(15-18)13-16-6-2-1-3-7-16/h1-11,14,18,21H,12-13,15,24H2,(H,25,30)(H,31,32)/b11-10+/t18-,21-/m1/s1. The average Bonchev–Trinajstić information content (AvgIpc) is 3.42. The summed E-state index contributed by atoms with van der Waals surface area (Å²) in [6, 6.07) is 16.1. The lowest BCUT2D eigenvalue weighted by Crippen LogP contribution is -2.35. The zero-order valence-corrected chi connectivity index (χ0v) is 17.3. The van der Waals surface area contributed by atoms with Gasteiger partial charge in [-0.1, -0.05) is 47.7 Å². The third-order valence-corrected chi connectivity index (χ3v) is 5.42. The fraction of sp³-hybridized carbons (Fsp3) is 0.217. The summed E-state index contributed by atoms with van der Waals surface area (Å²) in [4.78, 5) is 25.9. The van der Waals surface area contributed by atoms with E-state index in [0.29, 0.717) is 36.6 Å². The van der Waals surface area contributed by atoms with E-state index < -0.39 is 12.0 Å². The van der Waals surface area contributed by atoms with Gasteiger partial charge in [0.05, 0.1) is 23.6 Å². The van der Waals surface area contributed by atoms with Crippen LogP contribution in [-0.2, 0) is 16.1 Å². The number of hydrogen-bond donors (Lipinski definition) is 3. The van der Waals surface area contributed by atoms with Crippen molar-refractivity contribution in [1.82, 2.24) is 19.9 Å². The predicted molar refractivity (Wildman–Crippen MR) is 120 cm³/mol. The third kappa shape index (κ3) is 5.01. The van der Waals surface area contributed by atoms with Gasteiger partial charge in [0.1, 0.15) is 11.7 Å². The number of rotatable bonds is 7. The number of likely N-dealkylation sites (tertiary alicyclic amines) is 1. The van der Waals surface area contributed by atoms with Gasteiger partial charge in [-0.2, -0.15) is 0 Å². The van der Waals surface area contributed by atoms with E-state index in [1.807, 2.05) is 35.2 Å². The molecule has 1 aromatic heterocycles. The van der Waals surface area contributed by atoms with E-state index in [0.717, 1.165) is 5.56 Å². The smallest absolute Gasteiger partial charge is 0.321 e. The molecule has 3 aromatic rings. The Hall–Kier alpha value is -3.98. The van der Waals surface area contributed by atoms with Crippen LogP contribution in [0, 0.1) is 0 Å². The molecule has 9 heteroatoms. The summed E-state index contributed by atoms with van der Waals surface area (Å²) >= 11 is 0. The molecule has 4 N–H and O–H groups in total. The molecule has 2 heterocycles. The average molecular weight is 432 g/mol. The lowest BCUT2D eigenvalue weighted by Gasteiger charge is -2.20. The third-order valence-electron chi connectivity index (χ3n) is 5.42. The van der Waals surface area contributed by atoms with Crippen LogP contribution in [0.25, 0.3) is 6.08 Å². The molecule has 2 atom stereocenters. The number of carboxylic acid groups (broad SMARTS) is 1. The van der Waals surface area contributed by atoms with Gasteiger partial charge in [-0.15, -0.1) is 5.10 Å². The number of nitrogens with zero attached hydrogens (tertiary/aromatic N) is 4. The summed E-state index contributed by atoms with van der Waals surface area (Å²) < 4.78 is 1.67. The summed E-state index contributed by atoms with van der Waals surface area (Å²) in [6.45, 7) is 1.10. The van der Waals surface area contributed by atoms with Crippen molar-refractivity contribution in [3.05, 3.63) is 78.1 Å². The van der Waals surface area contributed by atoms with Crippen molar-refractivity contribution < 1.29 is 14.7 Å². The lowest BCUT2D eigenvalue weighted by molar-refractivity contribution is -0.142. The van der Waals surface area contributed by atoms with Crippen LogP contribution in [0.15, 0.2) is 66.9 Å².